The van der Waals surface area contributed by atoms with Gasteiger partial charge in [-0.05, 0) is 25.5 Å². The number of anilines is 1. The molecule has 1 amide bonds. The van der Waals surface area contributed by atoms with Gasteiger partial charge in [0, 0.05) is 12.5 Å². The molecule has 1 aromatic rings. The van der Waals surface area contributed by atoms with E-state index in [-0.39, 0.29) is 29.5 Å². The predicted molar refractivity (Wildman–Crippen MR) is 86.4 cm³/mol. The minimum atomic E-state index is -0.596. The second-order valence-electron chi connectivity index (χ2n) is 5.07. The third kappa shape index (κ3) is 6.06. The van der Waals surface area contributed by atoms with Crippen molar-refractivity contribution in [2.24, 2.45) is 0 Å². The van der Waals surface area contributed by atoms with Crippen molar-refractivity contribution in [2.75, 3.05) is 11.9 Å². The quantitative estimate of drug-likeness (QED) is 0.323. The summed E-state index contributed by atoms with van der Waals surface area (Å²) in [6.07, 6.45) is 4.07. The second-order valence-corrected chi connectivity index (χ2v) is 5.07. The Morgan fingerprint density at radius 3 is 2.57 bits per heavy atom. The first-order valence-corrected chi connectivity index (χ1v) is 7.75. The fourth-order valence-corrected chi connectivity index (χ4v) is 2.06. The van der Waals surface area contributed by atoms with E-state index < -0.39 is 10.9 Å². The van der Waals surface area contributed by atoms with Crippen LogP contribution in [0.15, 0.2) is 18.2 Å². The smallest absolute Gasteiger partial charge is 0.338 e. The molecule has 1 rings (SSSR count). The summed E-state index contributed by atoms with van der Waals surface area (Å²) >= 11 is 0. The van der Waals surface area contributed by atoms with E-state index in [1.54, 1.807) is 6.92 Å². The Bertz CT molecular complexity index is 572. The summed E-state index contributed by atoms with van der Waals surface area (Å²) in [5.74, 6) is -0.883. The van der Waals surface area contributed by atoms with Gasteiger partial charge in [-0.15, -0.1) is 0 Å². The van der Waals surface area contributed by atoms with Gasteiger partial charge in [-0.1, -0.05) is 26.2 Å². The first kappa shape index (κ1) is 18.6. The summed E-state index contributed by atoms with van der Waals surface area (Å²) in [5, 5.41) is 13.6. The number of carbonyl (C=O) groups excluding carboxylic acids is 2. The van der Waals surface area contributed by atoms with Gasteiger partial charge < -0.3 is 10.1 Å². The topological polar surface area (TPSA) is 98.5 Å². The number of benzene rings is 1. The van der Waals surface area contributed by atoms with Gasteiger partial charge in [-0.2, -0.15) is 0 Å². The SMILES string of the molecule is CCCCCCC(=O)Nc1cc(C(=O)OCC)ccc1[N+](=O)[O-]. The van der Waals surface area contributed by atoms with Gasteiger partial charge in [0.1, 0.15) is 5.69 Å². The van der Waals surface area contributed by atoms with Crippen LogP contribution in [0.2, 0.25) is 0 Å². The van der Waals surface area contributed by atoms with Crippen LogP contribution in [0.3, 0.4) is 0 Å². The van der Waals surface area contributed by atoms with Gasteiger partial charge >= 0.3 is 5.97 Å². The molecule has 0 aliphatic carbocycles. The molecule has 23 heavy (non-hydrogen) atoms. The Kier molecular flexibility index (Phi) is 7.73. The molecule has 1 aromatic carbocycles. The number of rotatable bonds is 9. The lowest BCUT2D eigenvalue weighted by Gasteiger charge is -2.08. The second kappa shape index (κ2) is 9.55. The van der Waals surface area contributed by atoms with Crippen molar-refractivity contribution in [3.63, 3.8) is 0 Å². The maximum Gasteiger partial charge on any atom is 0.338 e. The van der Waals surface area contributed by atoms with Gasteiger partial charge in [0.25, 0.3) is 5.69 Å². The number of unbranched alkanes of at least 4 members (excludes halogenated alkanes) is 3. The Morgan fingerprint density at radius 1 is 1.22 bits per heavy atom. The Hall–Kier alpha value is -2.44. The number of hydrogen-bond acceptors (Lipinski definition) is 5. The lowest BCUT2D eigenvalue weighted by Crippen LogP contribution is -2.14. The highest BCUT2D eigenvalue weighted by Crippen LogP contribution is 2.26. The average Bonchev–Trinajstić information content (AvgIpc) is 2.51. The number of amides is 1. The van der Waals surface area contributed by atoms with Crippen LogP contribution in [0.4, 0.5) is 11.4 Å². The minimum absolute atomic E-state index is 0.0149. The maximum absolute atomic E-state index is 11.9. The molecular weight excluding hydrogens is 300 g/mol. The first-order valence-electron chi connectivity index (χ1n) is 7.75. The molecule has 1 N–H and O–H groups in total. The summed E-state index contributed by atoms with van der Waals surface area (Å²) < 4.78 is 4.86. The van der Waals surface area contributed by atoms with Crippen molar-refractivity contribution in [3.05, 3.63) is 33.9 Å². The van der Waals surface area contributed by atoms with Crippen molar-refractivity contribution in [1.29, 1.82) is 0 Å². The van der Waals surface area contributed by atoms with Crippen LogP contribution in [0.5, 0.6) is 0 Å². The van der Waals surface area contributed by atoms with Crippen molar-refractivity contribution in [2.45, 2.75) is 46.0 Å². The van der Waals surface area contributed by atoms with Crippen LogP contribution in [-0.4, -0.2) is 23.4 Å². The number of carbonyl (C=O) groups is 2. The van der Waals surface area contributed by atoms with Crippen LogP contribution in [-0.2, 0) is 9.53 Å². The maximum atomic E-state index is 11.9. The molecule has 0 spiro atoms. The molecule has 0 bridgehead atoms. The lowest BCUT2D eigenvalue weighted by atomic mass is 10.1. The number of nitrogens with zero attached hydrogens (tertiary/aromatic N) is 1. The number of ether oxygens (including phenoxy) is 1. The monoisotopic (exact) mass is 322 g/mol. The molecule has 0 heterocycles. The number of nitro groups is 1. The highest BCUT2D eigenvalue weighted by atomic mass is 16.6. The number of hydrogen-bond donors (Lipinski definition) is 1. The molecule has 0 radical (unpaired) electrons. The number of nitro benzene ring substituents is 1. The van der Waals surface area contributed by atoms with Crippen molar-refractivity contribution in [1.82, 2.24) is 0 Å². The third-order valence-electron chi connectivity index (χ3n) is 3.24. The molecule has 0 saturated carbocycles. The molecule has 0 saturated heterocycles. The third-order valence-corrected chi connectivity index (χ3v) is 3.24. The first-order chi connectivity index (χ1) is 11.0. The number of nitrogens with one attached hydrogen (secondary N) is 1. The average molecular weight is 322 g/mol. The van der Waals surface area contributed by atoms with Crippen LogP contribution >= 0.6 is 0 Å². The fraction of sp³-hybridized carbons (Fsp3) is 0.500. The predicted octanol–water partition coefficient (Wildman–Crippen LogP) is 3.68. The molecule has 0 aliphatic heterocycles. The fourth-order valence-electron chi connectivity index (χ4n) is 2.06. The van der Waals surface area contributed by atoms with Crippen LogP contribution in [0, 0.1) is 10.1 Å². The summed E-state index contributed by atoms with van der Waals surface area (Å²) in [5.41, 5.74) is -0.0697. The molecule has 0 unspecified atom stereocenters. The summed E-state index contributed by atoms with van der Waals surface area (Å²) in [7, 11) is 0. The van der Waals surface area contributed by atoms with Gasteiger partial charge in [0.2, 0.25) is 5.91 Å². The normalized spacial score (nSPS) is 10.2. The molecule has 0 aromatic heterocycles. The van der Waals surface area contributed by atoms with Gasteiger partial charge in [0.15, 0.2) is 0 Å². The van der Waals surface area contributed by atoms with E-state index in [1.165, 1.54) is 18.2 Å². The highest BCUT2D eigenvalue weighted by molar-refractivity contribution is 5.96. The standard InChI is InChI=1S/C16H22N2O5/c1-3-5-6-7-8-15(19)17-13-11-12(16(20)23-4-2)9-10-14(13)18(21)22/h9-11H,3-8H2,1-2H3,(H,17,19). The molecule has 0 fully saturated rings. The number of esters is 1. The van der Waals surface area contributed by atoms with E-state index in [2.05, 4.69) is 12.2 Å². The summed E-state index contributed by atoms with van der Waals surface area (Å²) in [6.45, 7) is 3.95. The van der Waals surface area contributed by atoms with Gasteiger partial charge in [-0.25, -0.2) is 4.79 Å². The molecular formula is C16H22N2O5. The molecule has 126 valence electrons. The van der Waals surface area contributed by atoms with E-state index >= 15 is 0 Å². The Balaban J connectivity index is 2.84. The zero-order valence-electron chi connectivity index (χ0n) is 13.5. The summed E-state index contributed by atoms with van der Waals surface area (Å²) in [4.78, 5) is 34.1. The van der Waals surface area contributed by atoms with Crippen molar-refractivity contribution >= 4 is 23.3 Å². The molecule has 0 aliphatic rings. The van der Waals surface area contributed by atoms with E-state index in [0.29, 0.717) is 6.42 Å². The highest BCUT2D eigenvalue weighted by Gasteiger charge is 2.19. The van der Waals surface area contributed by atoms with Crippen LogP contribution < -0.4 is 5.32 Å². The molecule has 7 heteroatoms. The van der Waals surface area contributed by atoms with Crippen molar-refractivity contribution in [3.8, 4) is 0 Å². The lowest BCUT2D eigenvalue weighted by molar-refractivity contribution is -0.383. The zero-order chi connectivity index (χ0) is 17.2. The van der Waals surface area contributed by atoms with E-state index in [1.807, 2.05) is 0 Å². The Morgan fingerprint density at radius 2 is 1.96 bits per heavy atom. The molecule has 7 nitrogen and oxygen atoms in total. The molecule has 0 atom stereocenters. The van der Waals surface area contributed by atoms with E-state index in [9.17, 15) is 19.7 Å². The van der Waals surface area contributed by atoms with E-state index in [4.69, 9.17) is 4.74 Å². The van der Waals surface area contributed by atoms with Gasteiger partial charge in [0.05, 0.1) is 17.1 Å². The minimum Gasteiger partial charge on any atom is -0.462 e. The largest absolute Gasteiger partial charge is 0.462 e. The Labute approximate surface area is 135 Å². The van der Waals surface area contributed by atoms with Crippen LogP contribution in [0.25, 0.3) is 0 Å². The van der Waals surface area contributed by atoms with Gasteiger partial charge in [-0.3, -0.25) is 14.9 Å². The van der Waals surface area contributed by atoms with E-state index in [0.717, 1.165) is 25.7 Å². The summed E-state index contributed by atoms with van der Waals surface area (Å²) in [6, 6.07) is 3.78. The van der Waals surface area contributed by atoms with Crippen LogP contribution in [0.1, 0.15) is 56.3 Å². The van der Waals surface area contributed by atoms with Crippen molar-refractivity contribution < 1.29 is 19.2 Å². The zero-order valence-corrected chi connectivity index (χ0v) is 13.5.